The Morgan fingerprint density at radius 3 is 2.81 bits per heavy atom. The minimum absolute atomic E-state index is 0.136. The number of para-hydroxylation sites is 1. The predicted octanol–water partition coefficient (Wildman–Crippen LogP) is 3.22. The molecule has 4 nitrogen and oxygen atoms in total. The molecular formula is C16H14ClN3O. The molecule has 0 spiro atoms. The number of H-pyrrole nitrogens is 1. The molecule has 2 aromatic heterocycles. The third-order valence-corrected chi connectivity index (χ3v) is 3.78. The lowest BCUT2D eigenvalue weighted by Gasteiger charge is -2.15. The first-order chi connectivity index (χ1) is 10.1. The highest BCUT2D eigenvalue weighted by Crippen LogP contribution is 2.33. The van der Waals surface area contributed by atoms with E-state index in [1.54, 1.807) is 12.3 Å². The maximum Gasteiger partial charge on any atom is 0.218 e. The second-order valence-electron chi connectivity index (χ2n) is 4.93. The fourth-order valence-corrected chi connectivity index (χ4v) is 2.70. The third kappa shape index (κ3) is 2.76. The summed E-state index contributed by atoms with van der Waals surface area (Å²) in [5.41, 5.74) is 8.40. The number of benzene rings is 1. The molecule has 0 aliphatic rings. The number of fused-ring (bicyclic) bond motifs is 1. The van der Waals surface area contributed by atoms with E-state index in [0.29, 0.717) is 5.15 Å². The van der Waals surface area contributed by atoms with Gasteiger partial charge >= 0.3 is 0 Å². The van der Waals surface area contributed by atoms with Crippen molar-refractivity contribution in [1.82, 2.24) is 9.97 Å². The van der Waals surface area contributed by atoms with Crippen LogP contribution in [0.2, 0.25) is 5.15 Å². The Labute approximate surface area is 126 Å². The highest BCUT2D eigenvalue weighted by Gasteiger charge is 2.20. The van der Waals surface area contributed by atoms with E-state index in [-0.39, 0.29) is 18.2 Å². The van der Waals surface area contributed by atoms with E-state index in [4.69, 9.17) is 17.3 Å². The van der Waals surface area contributed by atoms with Gasteiger partial charge in [0.1, 0.15) is 5.15 Å². The molecule has 3 aromatic rings. The van der Waals surface area contributed by atoms with Gasteiger partial charge in [0.25, 0.3) is 0 Å². The van der Waals surface area contributed by atoms with E-state index in [9.17, 15) is 4.79 Å². The number of aromatic nitrogens is 2. The summed E-state index contributed by atoms with van der Waals surface area (Å²) in [4.78, 5) is 18.8. The Morgan fingerprint density at radius 2 is 2.10 bits per heavy atom. The highest BCUT2D eigenvalue weighted by atomic mass is 35.5. The number of amides is 1. The van der Waals surface area contributed by atoms with Gasteiger partial charge in [-0.25, -0.2) is 4.98 Å². The molecule has 2 heterocycles. The number of hydrogen-bond donors (Lipinski definition) is 2. The minimum Gasteiger partial charge on any atom is -0.370 e. The van der Waals surface area contributed by atoms with Gasteiger partial charge in [-0.3, -0.25) is 4.79 Å². The quantitative estimate of drug-likeness (QED) is 0.726. The molecule has 1 unspecified atom stereocenters. The monoisotopic (exact) mass is 299 g/mol. The first-order valence-electron chi connectivity index (χ1n) is 6.61. The van der Waals surface area contributed by atoms with Crippen molar-refractivity contribution in [1.29, 1.82) is 0 Å². The standard InChI is InChI=1S/C16H14ClN3O/c17-15-6-5-10(8-20-15)12(7-16(18)21)13-9-19-14-4-2-1-3-11(13)14/h1-6,8-9,12,19H,7H2,(H2,18,21). The van der Waals surface area contributed by atoms with Gasteiger partial charge in [-0.2, -0.15) is 0 Å². The van der Waals surface area contributed by atoms with Crippen LogP contribution in [0.3, 0.4) is 0 Å². The molecule has 21 heavy (non-hydrogen) atoms. The Balaban J connectivity index is 2.11. The van der Waals surface area contributed by atoms with E-state index < -0.39 is 0 Å². The number of hydrogen-bond acceptors (Lipinski definition) is 2. The van der Waals surface area contributed by atoms with Crippen molar-refractivity contribution >= 4 is 28.4 Å². The fourth-order valence-electron chi connectivity index (χ4n) is 2.58. The predicted molar refractivity (Wildman–Crippen MR) is 83.2 cm³/mol. The molecule has 0 fully saturated rings. The second-order valence-corrected chi connectivity index (χ2v) is 5.31. The molecule has 0 saturated carbocycles. The lowest BCUT2D eigenvalue weighted by molar-refractivity contribution is -0.118. The molecule has 0 radical (unpaired) electrons. The number of carbonyl (C=O) groups is 1. The van der Waals surface area contributed by atoms with Crippen molar-refractivity contribution in [3.63, 3.8) is 0 Å². The molecule has 0 aliphatic heterocycles. The lowest BCUT2D eigenvalue weighted by atomic mass is 9.89. The van der Waals surface area contributed by atoms with Crippen LogP contribution in [0.25, 0.3) is 10.9 Å². The molecule has 1 aromatic carbocycles. The zero-order valence-electron chi connectivity index (χ0n) is 11.2. The summed E-state index contributed by atoms with van der Waals surface area (Å²) in [6.07, 6.45) is 3.84. The summed E-state index contributed by atoms with van der Waals surface area (Å²) >= 11 is 5.83. The molecule has 0 aliphatic carbocycles. The Hall–Kier alpha value is -2.33. The van der Waals surface area contributed by atoms with Crippen LogP contribution in [-0.2, 0) is 4.79 Å². The number of pyridine rings is 1. The van der Waals surface area contributed by atoms with Crippen LogP contribution in [0, 0.1) is 0 Å². The van der Waals surface area contributed by atoms with Crippen LogP contribution in [0.5, 0.6) is 0 Å². The molecule has 5 heteroatoms. The van der Waals surface area contributed by atoms with Crippen LogP contribution < -0.4 is 5.73 Å². The van der Waals surface area contributed by atoms with Crippen molar-refractivity contribution in [3.05, 3.63) is 65.1 Å². The van der Waals surface area contributed by atoms with Crippen molar-refractivity contribution in [3.8, 4) is 0 Å². The molecule has 1 amide bonds. The zero-order valence-corrected chi connectivity index (χ0v) is 12.0. The van der Waals surface area contributed by atoms with E-state index in [1.165, 1.54) is 0 Å². The number of nitrogens with two attached hydrogens (primary N) is 1. The number of aromatic amines is 1. The lowest BCUT2D eigenvalue weighted by Crippen LogP contribution is -2.16. The first kappa shape index (κ1) is 13.6. The van der Waals surface area contributed by atoms with Gasteiger partial charge in [0.15, 0.2) is 0 Å². The van der Waals surface area contributed by atoms with E-state index in [2.05, 4.69) is 9.97 Å². The van der Waals surface area contributed by atoms with Gasteiger partial charge in [0, 0.05) is 35.6 Å². The Morgan fingerprint density at radius 1 is 1.29 bits per heavy atom. The molecule has 1 atom stereocenters. The van der Waals surface area contributed by atoms with Crippen LogP contribution in [0.1, 0.15) is 23.5 Å². The van der Waals surface area contributed by atoms with Gasteiger partial charge in [0.05, 0.1) is 0 Å². The number of halogens is 1. The number of carbonyl (C=O) groups excluding carboxylic acids is 1. The van der Waals surface area contributed by atoms with E-state index in [1.807, 2.05) is 36.5 Å². The Kier molecular flexibility index (Phi) is 3.62. The summed E-state index contributed by atoms with van der Waals surface area (Å²) in [7, 11) is 0. The number of rotatable bonds is 4. The van der Waals surface area contributed by atoms with E-state index >= 15 is 0 Å². The number of primary amides is 1. The summed E-state index contributed by atoms with van der Waals surface area (Å²) in [6.45, 7) is 0. The van der Waals surface area contributed by atoms with Crippen molar-refractivity contribution in [2.75, 3.05) is 0 Å². The van der Waals surface area contributed by atoms with Crippen LogP contribution in [0.4, 0.5) is 0 Å². The van der Waals surface area contributed by atoms with Crippen LogP contribution in [0.15, 0.2) is 48.8 Å². The molecule has 3 N–H and O–H groups in total. The largest absolute Gasteiger partial charge is 0.370 e. The average Bonchev–Trinajstić information content (AvgIpc) is 2.89. The molecule has 0 saturated heterocycles. The smallest absolute Gasteiger partial charge is 0.218 e. The maximum absolute atomic E-state index is 11.4. The molecular weight excluding hydrogens is 286 g/mol. The van der Waals surface area contributed by atoms with Crippen LogP contribution >= 0.6 is 11.6 Å². The Bertz CT molecular complexity index is 780. The fraction of sp³-hybridized carbons (Fsp3) is 0.125. The molecule has 3 rings (SSSR count). The van der Waals surface area contributed by atoms with Crippen molar-refractivity contribution in [2.45, 2.75) is 12.3 Å². The minimum atomic E-state index is -0.347. The maximum atomic E-state index is 11.4. The zero-order chi connectivity index (χ0) is 14.8. The third-order valence-electron chi connectivity index (χ3n) is 3.55. The van der Waals surface area contributed by atoms with E-state index in [0.717, 1.165) is 22.0 Å². The number of nitrogens with one attached hydrogen (secondary N) is 1. The average molecular weight is 300 g/mol. The van der Waals surface area contributed by atoms with Gasteiger partial charge in [-0.1, -0.05) is 35.9 Å². The summed E-state index contributed by atoms with van der Waals surface area (Å²) < 4.78 is 0. The highest BCUT2D eigenvalue weighted by molar-refractivity contribution is 6.29. The summed E-state index contributed by atoms with van der Waals surface area (Å²) in [5.74, 6) is -0.483. The van der Waals surface area contributed by atoms with Crippen molar-refractivity contribution < 1.29 is 4.79 Å². The molecule has 0 bridgehead atoms. The summed E-state index contributed by atoms with van der Waals surface area (Å²) in [6, 6.07) is 11.6. The summed E-state index contributed by atoms with van der Waals surface area (Å²) in [5, 5.41) is 1.51. The van der Waals surface area contributed by atoms with Crippen LogP contribution in [-0.4, -0.2) is 15.9 Å². The SMILES string of the molecule is NC(=O)CC(c1ccc(Cl)nc1)c1c[nH]c2ccccc12. The van der Waals surface area contributed by atoms with Crippen molar-refractivity contribution in [2.24, 2.45) is 5.73 Å². The second kappa shape index (κ2) is 5.58. The van der Waals surface area contributed by atoms with Gasteiger partial charge < -0.3 is 10.7 Å². The number of nitrogens with zero attached hydrogens (tertiary/aromatic N) is 1. The van der Waals surface area contributed by atoms with Gasteiger partial charge in [0.2, 0.25) is 5.91 Å². The van der Waals surface area contributed by atoms with Gasteiger partial charge in [-0.15, -0.1) is 0 Å². The first-order valence-corrected chi connectivity index (χ1v) is 6.98. The topological polar surface area (TPSA) is 71.8 Å². The normalized spacial score (nSPS) is 12.4. The molecule has 106 valence electrons. The van der Waals surface area contributed by atoms with Gasteiger partial charge in [-0.05, 0) is 23.3 Å².